The monoisotopic (exact) mass is 383 g/mol. The molecule has 0 aliphatic carbocycles. The van der Waals surface area contributed by atoms with Crippen LogP contribution in [-0.4, -0.2) is 34.9 Å². The molecule has 1 fully saturated rings. The first-order chi connectivity index (χ1) is 13.1. The molecule has 1 aromatic carbocycles. The molecule has 2 heterocycles. The Bertz CT molecular complexity index is 840. The number of hydrogen-bond donors (Lipinski definition) is 2. The summed E-state index contributed by atoms with van der Waals surface area (Å²) in [5.74, 6) is 0.162. The van der Waals surface area contributed by atoms with E-state index in [2.05, 4.69) is 10.6 Å². The summed E-state index contributed by atoms with van der Waals surface area (Å²) in [4.78, 5) is 26.6. The summed E-state index contributed by atoms with van der Waals surface area (Å²) in [6.45, 7) is 1.54. The summed E-state index contributed by atoms with van der Waals surface area (Å²) in [7, 11) is 0. The minimum Gasteiger partial charge on any atom is -0.465 e. The zero-order valence-electron chi connectivity index (χ0n) is 14.8. The smallest absolute Gasteiger partial charge is 0.255 e. The van der Waals surface area contributed by atoms with Gasteiger partial charge < -0.3 is 14.6 Å². The summed E-state index contributed by atoms with van der Waals surface area (Å²) in [6.07, 6.45) is 7.62. The normalized spacial score (nSPS) is 14.1. The van der Waals surface area contributed by atoms with E-state index in [4.69, 9.17) is 16.6 Å². The second-order valence-corrected chi connectivity index (χ2v) is 6.60. The molecule has 0 spiro atoms. The van der Waals surface area contributed by atoms with Crippen LogP contribution >= 0.6 is 12.2 Å². The van der Waals surface area contributed by atoms with Crippen molar-refractivity contribution in [3.05, 3.63) is 60.1 Å². The molecule has 0 atom stereocenters. The van der Waals surface area contributed by atoms with Gasteiger partial charge in [-0.1, -0.05) is 12.1 Å². The van der Waals surface area contributed by atoms with Crippen LogP contribution in [0, 0.1) is 0 Å². The van der Waals surface area contributed by atoms with Gasteiger partial charge in [0.05, 0.1) is 17.5 Å². The molecule has 0 saturated carbocycles. The molecule has 2 N–H and O–H groups in total. The van der Waals surface area contributed by atoms with E-state index in [0.29, 0.717) is 17.0 Å². The van der Waals surface area contributed by atoms with Crippen molar-refractivity contribution in [1.29, 1.82) is 0 Å². The van der Waals surface area contributed by atoms with Crippen LogP contribution in [0.2, 0.25) is 0 Å². The third-order valence-electron chi connectivity index (χ3n) is 4.23. The number of nitrogens with zero attached hydrogens (tertiary/aromatic N) is 1. The Labute approximate surface area is 163 Å². The average Bonchev–Trinajstić information content (AvgIpc) is 3.20. The van der Waals surface area contributed by atoms with Gasteiger partial charge in [-0.25, -0.2) is 0 Å². The second kappa shape index (κ2) is 9.14. The average molecular weight is 383 g/mol. The summed E-state index contributed by atoms with van der Waals surface area (Å²) >= 11 is 5.20. The van der Waals surface area contributed by atoms with Gasteiger partial charge >= 0.3 is 0 Å². The maximum atomic E-state index is 12.8. The standard InChI is InChI=1S/C20H21N3O3S/c24-18(11-10-15-7-6-14-26-15)22-20(27)21-17-9-3-2-8-16(17)19(25)23-12-4-1-5-13-23/h2-3,6-11,14H,1,4-5,12-13H2,(H2,21,22,24,27)/b11-10+. The molecule has 3 rings (SSSR count). The number of hydrogen-bond acceptors (Lipinski definition) is 4. The van der Waals surface area contributed by atoms with Gasteiger partial charge in [0, 0.05) is 19.2 Å². The van der Waals surface area contributed by atoms with Crippen LogP contribution in [0.15, 0.2) is 53.2 Å². The van der Waals surface area contributed by atoms with E-state index in [1.54, 1.807) is 30.3 Å². The number of piperidine rings is 1. The lowest BCUT2D eigenvalue weighted by atomic mass is 10.1. The Morgan fingerprint density at radius 1 is 1.07 bits per heavy atom. The van der Waals surface area contributed by atoms with Gasteiger partial charge in [-0.2, -0.15) is 0 Å². The lowest BCUT2D eigenvalue weighted by Gasteiger charge is -2.27. The fourth-order valence-electron chi connectivity index (χ4n) is 2.90. The SMILES string of the molecule is O=C(/C=C/c1ccco1)NC(=S)Nc1ccccc1C(=O)N1CCCCC1. The van der Waals surface area contributed by atoms with Gasteiger partial charge in [-0.3, -0.25) is 14.9 Å². The topological polar surface area (TPSA) is 74.6 Å². The van der Waals surface area contributed by atoms with Gasteiger partial charge in [0.25, 0.3) is 5.91 Å². The van der Waals surface area contributed by atoms with Gasteiger partial charge in [0.15, 0.2) is 5.11 Å². The summed E-state index contributed by atoms with van der Waals surface area (Å²) < 4.78 is 5.13. The highest BCUT2D eigenvalue weighted by molar-refractivity contribution is 7.80. The molecule has 6 nitrogen and oxygen atoms in total. The molecule has 140 valence electrons. The minimum absolute atomic E-state index is 0.0235. The van der Waals surface area contributed by atoms with E-state index in [1.165, 1.54) is 12.3 Å². The molecule has 1 aliphatic rings. The summed E-state index contributed by atoms with van der Waals surface area (Å²) in [5, 5.41) is 5.64. The highest BCUT2D eigenvalue weighted by Crippen LogP contribution is 2.20. The van der Waals surface area contributed by atoms with E-state index in [-0.39, 0.29) is 16.9 Å². The Morgan fingerprint density at radius 3 is 2.59 bits per heavy atom. The molecular formula is C20H21N3O3S. The van der Waals surface area contributed by atoms with Crippen molar-refractivity contribution in [2.75, 3.05) is 18.4 Å². The second-order valence-electron chi connectivity index (χ2n) is 6.19. The van der Waals surface area contributed by atoms with Gasteiger partial charge in [-0.15, -0.1) is 0 Å². The maximum Gasteiger partial charge on any atom is 0.255 e. The van der Waals surface area contributed by atoms with E-state index in [1.807, 2.05) is 17.0 Å². The quantitative estimate of drug-likeness (QED) is 0.625. The molecule has 2 aromatic rings. The van der Waals surface area contributed by atoms with Crippen LogP contribution in [0.5, 0.6) is 0 Å². The van der Waals surface area contributed by atoms with E-state index < -0.39 is 0 Å². The molecule has 27 heavy (non-hydrogen) atoms. The maximum absolute atomic E-state index is 12.8. The molecule has 2 amide bonds. The number of amides is 2. The number of carbonyl (C=O) groups is 2. The number of furan rings is 1. The zero-order valence-corrected chi connectivity index (χ0v) is 15.6. The first-order valence-corrected chi connectivity index (χ1v) is 9.26. The van der Waals surface area contributed by atoms with Crippen molar-refractivity contribution in [3.63, 3.8) is 0 Å². The number of nitrogens with one attached hydrogen (secondary N) is 2. The fraction of sp³-hybridized carbons (Fsp3) is 0.250. The van der Waals surface area contributed by atoms with Crippen molar-refractivity contribution in [1.82, 2.24) is 10.2 Å². The molecule has 1 aliphatic heterocycles. The van der Waals surface area contributed by atoms with Crippen LogP contribution in [0.1, 0.15) is 35.4 Å². The fourth-order valence-corrected chi connectivity index (χ4v) is 3.11. The summed E-state index contributed by atoms with van der Waals surface area (Å²) in [6, 6.07) is 10.6. The van der Waals surface area contributed by atoms with Gasteiger partial charge in [-0.05, 0) is 61.8 Å². The van der Waals surface area contributed by atoms with Gasteiger partial charge in [0.1, 0.15) is 5.76 Å². The highest BCUT2D eigenvalue weighted by atomic mass is 32.1. The Kier molecular flexibility index (Phi) is 6.38. The predicted octanol–water partition coefficient (Wildman–Crippen LogP) is 3.43. The molecule has 1 saturated heterocycles. The predicted molar refractivity (Wildman–Crippen MR) is 108 cm³/mol. The van der Waals surface area contributed by atoms with Crippen molar-refractivity contribution in [2.45, 2.75) is 19.3 Å². The number of anilines is 1. The Morgan fingerprint density at radius 2 is 1.85 bits per heavy atom. The van der Waals surface area contributed by atoms with E-state index in [9.17, 15) is 9.59 Å². The lowest BCUT2D eigenvalue weighted by Crippen LogP contribution is -2.37. The number of thiocarbonyl (C=S) groups is 1. The van der Waals surface area contributed by atoms with Crippen LogP contribution < -0.4 is 10.6 Å². The molecule has 0 unspecified atom stereocenters. The first kappa shape index (κ1) is 18.8. The zero-order chi connectivity index (χ0) is 19.1. The van der Waals surface area contributed by atoms with Crippen molar-refractivity contribution in [2.24, 2.45) is 0 Å². The number of rotatable bonds is 4. The summed E-state index contributed by atoms with van der Waals surface area (Å²) in [5.41, 5.74) is 1.12. The number of para-hydroxylation sites is 1. The van der Waals surface area contributed by atoms with Crippen molar-refractivity contribution >= 4 is 40.9 Å². The van der Waals surface area contributed by atoms with Crippen LogP contribution in [0.4, 0.5) is 5.69 Å². The number of benzene rings is 1. The number of carbonyl (C=O) groups excluding carboxylic acids is 2. The van der Waals surface area contributed by atoms with Crippen molar-refractivity contribution in [3.8, 4) is 0 Å². The molecule has 1 aromatic heterocycles. The molecule has 7 heteroatoms. The Balaban J connectivity index is 1.62. The highest BCUT2D eigenvalue weighted by Gasteiger charge is 2.20. The van der Waals surface area contributed by atoms with E-state index >= 15 is 0 Å². The van der Waals surface area contributed by atoms with Gasteiger partial charge in [0.2, 0.25) is 5.91 Å². The lowest BCUT2D eigenvalue weighted by molar-refractivity contribution is -0.115. The van der Waals surface area contributed by atoms with Crippen molar-refractivity contribution < 1.29 is 14.0 Å². The number of likely N-dealkylation sites (tertiary alicyclic amines) is 1. The molecule has 0 bridgehead atoms. The third kappa shape index (κ3) is 5.27. The molecule has 0 radical (unpaired) electrons. The van der Waals surface area contributed by atoms with Crippen LogP contribution in [0.3, 0.4) is 0 Å². The van der Waals surface area contributed by atoms with Crippen LogP contribution in [-0.2, 0) is 4.79 Å². The Hall–Kier alpha value is -2.93. The largest absolute Gasteiger partial charge is 0.465 e. The molecular weight excluding hydrogens is 362 g/mol. The first-order valence-electron chi connectivity index (χ1n) is 8.85. The van der Waals surface area contributed by atoms with E-state index in [0.717, 1.165) is 32.4 Å². The van der Waals surface area contributed by atoms with Crippen LogP contribution in [0.25, 0.3) is 6.08 Å². The third-order valence-corrected chi connectivity index (χ3v) is 4.43. The minimum atomic E-state index is -0.385.